The highest BCUT2D eigenvalue weighted by molar-refractivity contribution is 5.92. The number of benzene rings is 4. The third-order valence-electron chi connectivity index (χ3n) is 5.26. The van der Waals surface area contributed by atoms with E-state index in [1.165, 1.54) is 6.07 Å². The number of nitro benzene ring substituents is 1. The topological polar surface area (TPSA) is 85.4 Å². The molecular formula is C27H20N2O4. The molecule has 0 fully saturated rings. The summed E-state index contributed by atoms with van der Waals surface area (Å²) in [6.45, 7) is 0.299. The van der Waals surface area contributed by atoms with E-state index in [0.29, 0.717) is 40.4 Å². The van der Waals surface area contributed by atoms with Crippen molar-refractivity contribution in [2.75, 3.05) is 7.11 Å². The molecule has 0 bridgehead atoms. The molecule has 6 nitrogen and oxygen atoms in total. The second-order valence-electron chi connectivity index (χ2n) is 7.28. The summed E-state index contributed by atoms with van der Waals surface area (Å²) in [6, 6.07) is 29.0. The SMILES string of the molecule is COc1ccc(-c2c(-c3ccc(C#N)cc3)cccc2[N+](=O)[O-])c(OCc2ccccc2)c1. The number of nitrogens with zero attached hydrogens (tertiary/aromatic N) is 2. The van der Waals surface area contributed by atoms with Gasteiger partial charge < -0.3 is 9.47 Å². The summed E-state index contributed by atoms with van der Waals surface area (Å²) in [6.07, 6.45) is 0. The molecule has 0 radical (unpaired) electrons. The maximum absolute atomic E-state index is 12.0. The normalized spacial score (nSPS) is 10.3. The third kappa shape index (κ3) is 4.68. The fourth-order valence-corrected chi connectivity index (χ4v) is 3.63. The zero-order valence-corrected chi connectivity index (χ0v) is 17.9. The van der Waals surface area contributed by atoms with Crippen LogP contribution in [0, 0.1) is 21.4 Å². The molecule has 0 aliphatic rings. The quantitative estimate of drug-likeness (QED) is 0.248. The molecule has 0 spiro atoms. The zero-order valence-electron chi connectivity index (χ0n) is 17.9. The van der Waals surface area contributed by atoms with Crippen LogP contribution >= 0.6 is 0 Å². The number of ether oxygens (including phenoxy) is 2. The van der Waals surface area contributed by atoms with Crippen molar-refractivity contribution in [2.45, 2.75) is 6.61 Å². The Bertz CT molecular complexity index is 1330. The van der Waals surface area contributed by atoms with Crippen LogP contribution in [0.25, 0.3) is 22.3 Å². The van der Waals surface area contributed by atoms with Crippen LogP contribution in [0.2, 0.25) is 0 Å². The Labute approximate surface area is 191 Å². The molecule has 0 saturated carbocycles. The summed E-state index contributed by atoms with van der Waals surface area (Å²) in [5.74, 6) is 1.06. The lowest BCUT2D eigenvalue weighted by Crippen LogP contribution is -2.00. The molecule has 4 rings (SSSR count). The van der Waals surface area contributed by atoms with Crippen LogP contribution in [-0.2, 0) is 6.61 Å². The van der Waals surface area contributed by atoms with E-state index in [0.717, 1.165) is 11.1 Å². The van der Waals surface area contributed by atoms with Gasteiger partial charge in [0, 0.05) is 17.7 Å². The molecule has 0 heterocycles. The first-order valence-corrected chi connectivity index (χ1v) is 10.2. The summed E-state index contributed by atoms with van der Waals surface area (Å²) in [5.41, 5.74) is 3.91. The van der Waals surface area contributed by atoms with Crippen LogP contribution in [0.15, 0.2) is 91.0 Å². The number of nitriles is 1. The fraction of sp³-hybridized carbons (Fsp3) is 0.0741. The first kappa shape index (κ1) is 21.6. The number of nitro groups is 1. The molecule has 0 saturated heterocycles. The van der Waals surface area contributed by atoms with E-state index in [4.69, 9.17) is 14.7 Å². The van der Waals surface area contributed by atoms with Crippen LogP contribution in [-0.4, -0.2) is 12.0 Å². The number of rotatable bonds is 7. The average molecular weight is 436 g/mol. The van der Waals surface area contributed by atoms with Crippen molar-refractivity contribution < 1.29 is 14.4 Å². The van der Waals surface area contributed by atoms with E-state index < -0.39 is 4.92 Å². The number of hydrogen-bond acceptors (Lipinski definition) is 5. The van der Waals surface area contributed by atoms with E-state index in [1.54, 1.807) is 55.6 Å². The van der Waals surface area contributed by atoms with Gasteiger partial charge in [-0.25, -0.2) is 0 Å². The second-order valence-corrected chi connectivity index (χ2v) is 7.28. The highest BCUT2D eigenvalue weighted by Crippen LogP contribution is 2.44. The van der Waals surface area contributed by atoms with Gasteiger partial charge in [0.05, 0.1) is 29.2 Å². The standard InChI is InChI=1S/C27H20N2O4/c1-32-22-14-15-24(26(16-22)33-18-20-6-3-2-4-7-20)27-23(8-5-9-25(27)29(30)31)21-12-10-19(17-28)11-13-21/h2-16H,18H2,1H3. The second kappa shape index (κ2) is 9.67. The molecule has 6 heteroatoms. The van der Waals surface area contributed by atoms with Crippen LogP contribution < -0.4 is 9.47 Å². The fourth-order valence-electron chi connectivity index (χ4n) is 3.63. The molecule has 0 aromatic heterocycles. The van der Waals surface area contributed by atoms with E-state index in [1.807, 2.05) is 36.4 Å². The lowest BCUT2D eigenvalue weighted by atomic mass is 9.92. The Morgan fingerprint density at radius 1 is 0.909 bits per heavy atom. The summed E-state index contributed by atoms with van der Waals surface area (Å²) in [7, 11) is 1.56. The van der Waals surface area contributed by atoms with Crippen LogP contribution in [0.4, 0.5) is 5.69 Å². The average Bonchev–Trinajstić information content (AvgIpc) is 2.87. The molecule has 0 unspecified atom stereocenters. The van der Waals surface area contributed by atoms with Gasteiger partial charge in [-0.15, -0.1) is 0 Å². The van der Waals surface area contributed by atoms with Crippen LogP contribution in [0.3, 0.4) is 0 Å². The van der Waals surface area contributed by atoms with E-state index in [-0.39, 0.29) is 5.69 Å². The molecule has 162 valence electrons. The summed E-state index contributed by atoms with van der Waals surface area (Å²) in [4.78, 5) is 11.6. The molecule has 4 aromatic carbocycles. The first-order valence-electron chi connectivity index (χ1n) is 10.2. The Morgan fingerprint density at radius 3 is 2.33 bits per heavy atom. The molecule has 0 aliphatic carbocycles. The largest absolute Gasteiger partial charge is 0.497 e. The van der Waals surface area contributed by atoms with Gasteiger partial charge >= 0.3 is 0 Å². The van der Waals surface area contributed by atoms with Gasteiger partial charge in [0.2, 0.25) is 0 Å². The Hall–Kier alpha value is -4.63. The molecule has 4 aromatic rings. The predicted molar refractivity (Wildman–Crippen MR) is 126 cm³/mol. The van der Waals surface area contributed by atoms with Crippen molar-refractivity contribution in [1.29, 1.82) is 5.26 Å². The van der Waals surface area contributed by atoms with Gasteiger partial charge in [0.1, 0.15) is 18.1 Å². The van der Waals surface area contributed by atoms with Gasteiger partial charge in [-0.05, 0) is 41.0 Å². The van der Waals surface area contributed by atoms with Gasteiger partial charge in [-0.3, -0.25) is 10.1 Å². The van der Waals surface area contributed by atoms with Gasteiger partial charge in [0.15, 0.2) is 0 Å². The van der Waals surface area contributed by atoms with Crippen molar-refractivity contribution in [2.24, 2.45) is 0 Å². The van der Waals surface area contributed by atoms with E-state index in [9.17, 15) is 10.1 Å². The van der Waals surface area contributed by atoms with Crippen molar-refractivity contribution in [1.82, 2.24) is 0 Å². The Morgan fingerprint density at radius 2 is 1.67 bits per heavy atom. The Balaban J connectivity index is 1.88. The molecule has 33 heavy (non-hydrogen) atoms. The highest BCUT2D eigenvalue weighted by atomic mass is 16.6. The lowest BCUT2D eigenvalue weighted by molar-refractivity contribution is -0.384. The highest BCUT2D eigenvalue weighted by Gasteiger charge is 2.23. The third-order valence-corrected chi connectivity index (χ3v) is 5.26. The summed E-state index contributed by atoms with van der Waals surface area (Å²) >= 11 is 0. The zero-order chi connectivity index (χ0) is 23.2. The molecule has 0 N–H and O–H groups in total. The first-order chi connectivity index (χ1) is 16.1. The summed E-state index contributed by atoms with van der Waals surface area (Å²) < 4.78 is 11.5. The lowest BCUT2D eigenvalue weighted by Gasteiger charge is -2.16. The van der Waals surface area contributed by atoms with E-state index >= 15 is 0 Å². The molecule has 0 atom stereocenters. The van der Waals surface area contributed by atoms with Crippen molar-refractivity contribution >= 4 is 5.69 Å². The molecule has 0 aliphatic heterocycles. The van der Waals surface area contributed by atoms with Crippen molar-refractivity contribution in [3.8, 4) is 39.8 Å². The van der Waals surface area contributed by atoms with Crippen LogP contribution in [0.1, 0.15) is 11.1 Å². The minimum absolute atomic E-state index is 0.0356. The maximum atomic E-state index is 12.0. The molecular weight excluding hydrogens is 416 g/mol. The number of methoxy groups -OCH3 is 1. The minimum atomic E-state index is -0.395. The summed E-state index contributed by atoms with van der Waals surface area (Å²) in [5, 5.41) is 21.1. The van der Waals surface area contributed by atoms with E-state index in [2.05, 4.69) is 6.07 Å². The van der Waals surface area contributed by atoms with Gasteiger partial charge in [-0.2, -0.15) is 5.26 Å². The monoisotopic (exact) mass is 436 g/mol. The van der Waals surface area contributed by atoms with Gasteiger partial charge in [-0.1, -0.05) is 54.6 Å². The number of hydrogen-bond donors (Lipinski definition) is 0. The Kier molecular flexibility index (Phi) is 6.33. The van der Waals surface area contributed by atoms with Crippen molar-refractivity contribution in [3.05, 3.63) is 112 Å². The van der Waals surface area contributed by atoms with Crippen LogP contribution in [0.5, 0.6) is 11.5 Å². The maximum Gasteiger partial charge on any atom is 0.277 e. The van der Waals surface area contributed by atoms with Crippen molar-refractivity contribution in [3.63, 3.8) is 0 Å². The predicted octanol–water partition coefficient (Wildman–Crippen LogP) is 6.39. The van der Waals surface area contributed by atoms with Gasteiger partial charge in [0.25, 0.3) is 5.69 Å². The smallest absolute Gasteiger partial charge is 0.277 e. The minimum Gasteiger partial charge on any atom is -0.497 e. The molecule has 0 amide bonds.